The Bertz CT molecular complexity index is 882. The molecule has 0 aromatic heterocycles. The molecule has 3 rings (SSSR count). The van der Waals surface area contributed by atoms with E-state index < -0.39 is 17.6 Å². The molecule has 8 heteroatoms. The van der Waals surface area contributed by atoms with Gasteiger partial charge in [0.1, 0.15) is 11.6 Å². The van der Waals surface area contributed by atoms with Crippen molar-refractivity contribution in [1.29, 1.82) is 0 Å². The lowest BCUT2D eigenvalue weighted by Gasteiger charge is -2.19. The smallest absolute Gasteiger partial charge is 0.313 e. The summed E-state index contributed by atoms with van der Waals surface area (Å²) in [6, 6.07) is 11.4. The van der Waals surface area contributed by atoms with Crippen molar-refractivity contribution in [2.24, 2.45) is 0 Å². The van der Waals surface area contributed by atoms with Crippen molar-refractivity contribution in [1.82, 2.24) is 5.32 Å². The minimum absolute atomic E-state index is 0.0806. The molecular formula is C22H26FN3O4. The fraction of sp³-hybridized carbons (Fsp3) is 0.364. The molecule has 1 aliphatic heterocycles. The average Bonchev–Trinajstić information content (AvgIpc) is 3.29. The number of aliphatic hydroxyl groups excluding tert-OH is 1. The van der Waals surface area contributed by atoms with Gasteiger partial charge in [-0.25, -0.2) is 4.39 Å². The van der Waals surface area contributed by atoms with Crippen LogP contribution in [0.25, 0.3) is 0 Å². The van der Waals surface area contributed by atoms with E-state index in [9.17, 15) is 19.1 Å². The lowest BCUT2D eigenvalue weighted by atomic mass is 10.00. The van der Waals surface area contributed by atoms with Crippen LogP contribution in [0.5, 0.6) is 5.75 Å². The van der Waals surface area contributed by atoms with Gasteiger partial charge in [0.2, 0.25) is 0 Å². The van der Waals surface area contributed by atoms with Crippen LogP contribution in [0.2, 0.25) is 0 Å². The average molecular weight is 415 g/mol. The minimum atomic E-state index is -0.889. The Morgan fingerprint density at radius 1 is 1.13 bits per heavy atom. The first-order chi connectivity index (χ1) is 14.5. The highest BCUT2D eigenvalue weighted by Crippen LogP contribution is 2.25. The third kappa shape index (κ3) is 5.48. The fourth-order valence-corrected chi connectivity index (χ4v) is 3.45. The maximum absolute atomic E-state index is 14.0. The number of hydrogen-bond acceptors (Lipinski definition) is 5. The Morgan fingerprint density at radius 2 is 1.83 bits per heavy atom. The number of amides is 2. The molecule has 1 saturated heterocycles. The molecule has 0 aliphatic carbocycles. The molecular weight excluding hydrogens is 389 g/mol. The number of ether oxygens (including phenoxy) is 1. The maximum atomic E-state index is 14.0. The van der Waals surface area contributed by atoms with Crippen LogP contribution in [-0.2, 0) is 9.59 Å². The van der Waals surface area contributed by atoms with Crippen molar-refractivity contribution in [3.05, 3.63) is 53.8 Å². The number of nitrogens with one attached hydrogen (secondary N) is 2. The number of anilines is 2. The molecule has 1 heterocycles. The molecule has 1 fully saturated rings. The van der Waals surface area contributed by atoms with Crippen molar-refractivity contribution in [2.45, 2.75) is 18.8 Å². The number of aliphatic hydroxyl groups is 1. The van der Waals surface area contributed by atoms with Crippen molar-refractivity contribution in [2.75, 3.05) is 43.6 Å². The van der Waals surface area contributed by atoms with E-state index >= 15 is 0 Å². The second kappa shape index (κ2) is 10.1. The van der Waals surface area contributed by atoms with Crippen LogP contribution in [0.15, 0.2) is 42.5 Å². The number of halogens is 1. The topological polar surface area (TPSA) is 90.9 Å². The quantitative estimate of drug-likeness (QED) is 0.604. The molecule has 160 valence electrons. The van der Waals surface area contributed by atoms with Gasteiger partial charge >= 0.3 is 11.8 Å². The highest BCUT2D eigenvalue weighted by molar-refractivity contribution is 6.39. The SMILES string of the molecule is COc1ccc(C(CO)CNC(=O)C(=O)Nc2cc(F)cc(N3CCCC3)c2)cc1. The molecule has 3 N–H and O–H groups in total. The predicted octanol–water partition coefficient (Wildman–Crippen LogP) is 2.27. The lowest BCUT2D eigenvalue weighted by Crippen LogP contribution is -2.38. The van der Waals surface area contributed by atoms with Crippen molar-refractivity contribution >= 4 is 23.2 Å². The summed E-state index contributed by atoms with van der Waals surface area (Å²) in [5.74, 6) is -1.91. The normalized spacial score (nSPS) is 14.3. The summed E-state index contributed by atoms with van der Waals surface area (Å²) < 4.78 is 19.1. The van der Waals surface area contributed by atoms with E-state index in [0.717, 1.165) is 31.5 Å². The first-order valence-electron chi connectivity index (χ1n) is 9.89. The summed E-state index contributed by atoms with van der Waals surface area (Å²) in [5.41, 5.74) is 1.72. The summed E-state index contributed by atoms with van der Waals surface area (Å²) in [7, 11) is 1.56. The Kier molecular flexibility index (Phi) is 7.24. The number of carbonyl (C=O) groups excluding carboxylic acids is 2. The summed E-state index contributed by atoms with van der Waals surface area (Å²) in [4.78, 5) is 26.5. The third-order valence-corrected chi connectivity index (χ3v) is 5.13. The van der Waals surface area contributed by atoms with Gasteiger partial charge in [0, 0.05) is 36.9 Å². The number of methoxy groups -OCH3 is 1. The van der Waals surface area contributed by atoms with Gasteiger partial charge in [0.05, 0.1) is 13.7 Å². The number of benzene rings is 2. The fourth-order valence-electron chi connectivity index (χ4n) is 3.45. The zero-order valence-corrected chi connectivity index (χ0v) is 16.9. The van der Waals surface area contributed by atoms with E-state index in [4.69, 9.17) is 4.74 Å². The Labute approximate surface area is 174 Å². The minimum Gasteiger partial charge on any atom is -0.497 e. The van der Waals surface area contributed by atoms with Crippen LogP contribution >= 0.6 is 0 Å². The second-order valence-electron chi connectivity index (χ2n) is 7.21. The van der Waals surface area contributed by atoms with Gasteiger partial charge in [-0.05, 0) is 48.7 Å². The predicted molar refractivity (Wildman–Crippen MR) is 112 cm³/mol. The third-order valence-electron chi connectivity index (χ3n) is 5.13. The maximum Gasteiger partial charge on any atom is 0.313 e. The van der Waals surface area contributed by atoms with E-state index in [-0.39, 0.29) is 24.8 Å². The van der Waals surface area contributed by atoms with E-state index in [0.29, 0.717) is 11.4 Å². The molecule has 0 bridgehead atoms. The second-order valence-corrected chi connectivity index (χ2v) is 7.21. The first kappa shape index (κ1) is 21.6. The van der Waals surface area contributed by atoms with Gasteiger partial charge in [0.15, 0.2) is 0 Å². The van der Waals surface area contributed by atoms with Crippen molar-refractivity contribution in [3.8, 4) is 5.75 Å². The van der Waals surface area contributed by atoms with Gasteiger partial charge in [-0.3, -0.25) is 9.59 Å². The number of carbonyl (C=O) groups is 2. The molecule has 30 heavy (non-hydrogen) atoms. The molecule has 1 aliphatic rings. The molecule has 1 unspecified atom stereocenters. The van der Waals surface area contributed by atoms with E-state index in [1.807, 2.05) is 4.90 Å². The standard InChI is InChI=1S/C22H26FN3O4/c1-30-20-6-4-15(5-7-20)16(14-27)13-24-21(28)22(29)25-18-10-17(23)11-19(12-18)26-8-2-3-9-26/h4-7,10-12,16,27H,2-3,8-9,13-14H2,1H3,(H,24,28)(H,25,29). The van der Waals surface area contributed by atoms with Crippen LogP contribution in [-0.4, -0.2) is 50.3 Å². The largest absolute Gasteiger partial charge is 0.497 e. The van der Waals surface area contributed by atoms with Gasteiger partial charge in [-0.1, -0.05) is 12.1 Å². The highest BCUT2D eigenvalue weighted by Gasteiger charge is 2.19. The Hall–Kier alpha value is -3.13. The van der Waals surface area contributed by atoms with Crippen LogP contribution in [0.3, 0.4) is 0 Å². The molecule has 2 aromatic carbocycles. The van der Waals surface area contributed by atoms with Crippen LogP contribution in [0.4, 0.5) is 15.8 Å². The number of hydrogen-bond donors (Lipinski definition) is 3. The first-order valence-corrected chi connectivity index (χ1v) is 9.89. The van der Waals surface area contributed by atoms with Gasteiger partial charge in [-0.2, -0.15) is 0 Å². The highest BCUT2D eigenvalue weighted by atomic mass is 19.1. The molecule has 2 amide bonds. The molecule has 0 saturated carbocycles. The summed E-state index contributed by atoms with van der Waals surface area (Å²) in [5, 5.41) is 14.6. The van der Waals surface area contributed by atoms with Crippen LogP contribution in [0, 0.1) is 5.82 Å². The van der Waals surface area contributed by atoms with Crippen molar-refractivity contribution in [3.63, 3.8) is 0 Å². The molecule has 0 spiro atoms. The summed E-state index contributed by atoms with van der Waals surface area (Å²) >= 11 is 0. The van der Waals surface area contributed by atoms with E-state index in [1.165, 1.54) is 12.1 Å². The number of rotatable bonds is 7. The zero-order valence-electron chi connectivity index (χ0n) is 16.9. The Morgan fingerprint density at radius 3 is 2.47 bits per heavy atom. The van der Waals surface area contributed by atoms with Gasteiger partial charge in [0.25, 0.3) is 0 Å². The monoisotopic (exact) mass is 415 g/mol. The van der Waals surface area contributed by atoms with Gasteiger partial charge < -0.3 is 25.4 Å². The van der Waals surface area contributed by atoms with E-state index in [2.05, 4.69) is 10.6 Å². The summed E-state index contributed by atoms with van der Waals surface area (Å²) in [6.07, 6.45) is 2.08. The molecule has 1 atom stereocenters. The Balaban J connectivity index is 1.58. The van der Waals surface area contributed by atoms with Crippen LogP contribution in [0.1, 0.15) is 24.3 Å². The molecule has 2 aromatic rings. The summed E-state index contributed by atoms with van der Waals surface area (Å²) in [6.45, 7) is 1.56. The zero-order chi connectivity index (χ0) is 21.5. The number of nitrogens with zero attached hydrogens (tertiary/aromatic N) is 1. The molecule has 0 radical (unpaired) electrons. The molecule has 7 nitrogen and oxygen atoms in total. The van der Waals surface area contributed by atoms with Crippen molar-refractivity contribution < 1.29 is 23.8 Å². The van der Waals surface area contributed by atoms with Gasteiger partial charge in [-0.15, -0.1) is 0 Å². The van der Waals surface area contributed by atoms with Crippen LogP contribution < -0.4 is 20.3 Å². The lowest BCUT2D eigenvalue weighted by molar-refractivity contribution is -0.136. The van der Waals surface area contributed by atoms with E-state index in [1.54, 1.807) is 37.4 Å².